The Bertz CT molecular complexity index is 530. The number of aliphatic carboxylic acids is 1. The summed E-state index contributed by atoms with van der Waals surface area (Å²) in [6.07, 6.45) is 0. The molecule has 5 nitrogen and oxygen atoms in total. The minimum atomic E-state index is -0.926. The molecule has 0 radical (unpaired) electrons. The molecule has 0 unspecified atom stereocenters. The van der Waals surface area contributed by atoms with Gasteiger partial charge < -0.3 is 14.9 Å². The van der Waals surface area contributed by atoms with Gasteiger partial charge in [0.2, 0.25) is 5.91 Å². The molecule has 0 saturated carbocycles. The van der Waals surface area contributed by atoms with Crippen LogP contribution in [0.4, 0.5) is 4.39 Å². The van der Waals surface area contributed by atoms with Crippen molar-refractivity contribution >= 4 is 11.9 Å². The van der Waals surface area contributed by atoms with Crippen molar-refractivity contribution in [1.82, 2.24) is 9.80 Å². The molecule has 1 fully saturated rings. The fourth-order valence-corrected chi connectivity index (χ4v) is 2.68. The second-order valence-electron chi connectivity index (χ2n) is 5.64. The first-order valence-electron chi connectivity index (χ1n) is 6.79. The number of amides is 1. The molecule has 1 aromatic carbocycles. The van der Waals surface area contributed by atoms with E-state index >= 15 is 0 Å². The van der Waals surface area contributed by atoms with Crippen LogP contribution in [0.3, 0.4) is 0 Å². The number of carbonyl (C=O) groups is 2. The van der Waals surface area contributed by atoms with E-state index in [0.717, 1.165) is 5.56 Å². The van der Waals surface area contributed by atoms with Gasteiger partial charge in [0.1, 0.15) is 5.82 Å². The van der Waals surface area contributed by atoms with Gasteiger partial charge in [-0.25, -0.2) is 4.39 Å². The van der Waals surface area contributed by atoms with Crippen molar-refractivity contribution in [3.05, 3.63) is 35.6 Å². The molecule has 1 amide bonds. The Labute approximate surface area is 123 Å². The molecule has 0 aromatic heterocycles. The van der Waals surface area contributed by atoms with Crippen LogP contribution in [0, 0.1) is 11.7 Å². The van der Waals surface area contributed by atoms with Crippen molar-refractivity contribution in [3.8, 4) is 0 Å². The molecule has 2 atom stereocenters. The number of carbonyl (C=O) groups excluding carboxylic acids is 1. The third kappa shape index (κ3) is 3.58. The first kappa shape index (κ1) is 15.4. The van der Waals surface area contributed by atoms with Crippen molar-refractivity contribution in [1.29, 1.82) is 0 Å². The number of rotatable bonds is 4. The number of likely N-dealkylation sites (tertiary alicyclic amines) is 1. The number of hydrogen-bond donors (Lipinski definition) is 1. The van der Waals surface area contributed by atoms with Crippen LogP contribution in [0.1, 0.15) is 11.5 Å². The molecular weight excluding hydrogens is 275 g/mol. The summed E-state index contributed by atoms with van der Waals surface area (Å²) >= 11 is 0. The number of carboxylic acids is 1. The van der Waals surface area contributed by atoms with Gasteiger partial charge in [0.05, 0.1) is 12.5 Å². The standard InChI is InChI=1S/C15H19FN2O3/c1-17(2)9-14(19)18-7-12(13(8-18)15(20)21)10-3-5-11(16)6-4-10/h3-6,12-13H,7-9H2,1-2H3,(H,20,21)/t12-,13+/m1/s1. The van der Waals surface area contributed by atoms with Gasteiger partial charge in [0, 0.05) is 19.0 Å². The molecule has 2 rings (SSSR count). The third-order valence-electron chi connectivity index (χ3n) is 3.74. The summed E-state index contributed by atoms with van der Waals surface area (Å²) in [6, 6.07) is 5.82. The minimum absolute atomic E-state index is 0.0872. The summed E-state index contributed by atoms with van der Waals surface area (Å²) in [7, 11) is 3.58. The van der Waals surface area contributed by atoms with E-state index in [1.165, 1.54) is 12.1 Å². The molecule has 0 aliphatic carbocycles. The molecule has 1 heterocycles. The molecule has 114 valence electrons. The topological polar surface area (TPSA) is 60.9 Å². The zero-order valence-corrected chi connectivity index (χ0v) is 12.1. The lowest BCUT2D eigenvalue weighted by Gasteiger charge is -2.19. The maximum atomic E-state index is 13.0. The molecule has 1 aliphatic heterocycles. The van der Waals surface area contributed by atoms with Gasteiger partial charge in [0.25, 0.3) is 0 Å². The van der Waals surface area contributed by atoms with Crippen LogP contribution in [0.2, 0.25) is 0 Å². The van der Waals surface area contributed by atoms with Gasteiger partial charge in [-0.15, -0.1) is 0 Å². The number of carboxylic acid groups (broad SMARTS) is 1. The number of likely N-dealkylation sites (N-methyl/N-ethyl adjacent to an activating group) is 1. The highest BCUT2D eigenvalue weighted by Gasteiger charge is 2.40. The molecule has 1 N–H and O–H groups in total. The smallest absolute Gasteiger partial charge is 0.308 e. The van der Waals surface area contributed by atoms with Gasteiger partial charge in [-0.2, -0.15) is 0 Å². The van der Waals surface area contributed by atoms with Crippen molar-refractivity contribution in [3.63, 3.8) is 0 Å². The number of benzene rings is 1. The Morgan fingerprint density at radius 3 is 2.43 bits per heavy atom. The lowest BCUT2D eigenvalue weighted by molar-refractivity contribution is -0.141. The fraction of sp³-hybridized carbons (Fsp3) is 0.467. The van der Waals surface area contributed by atoms with Crippen LogP contribution < -0.4 is 0 Å². The quantitative estimate of drug-likeness (QED) is 0.900. The highest BCUT2D eigenvalue weighted by molar-refractivity contribution is 5.81. The van der Waals surface area contributed by atoms with E-state index in [-0.39, 0.29) is 30.7 Å². The zero-order chi connectivity index (χ0) is 15.6. The Morgan fingerprint density at radius 2 is 1.90 bits per heavy atom. The second kappa shape index (κ2) is 6.22. The van der Waals surface area contributed by atoms with E-state index in [2.05, 4.69) is 0 Å². The highest BCUT2D eigenvalue weighted by atomic mass is 19.1. The van der Waals surface area contributed by atoms with Crippen LogP contribution in [0.25, 0.3) is 0 Å². The van der Waals surface area contributed by atoms with Crippen molar-refractivity contribution in [2.45, 2.75) is 5.92 Å². The van der Waals surface area contributed by atoms with Crippen molar-refractivity contribution < 1.29 is 19.1 Å². The van der Waals surface area contributed by atoms with Gasteiger partial charge >= 0.3 is 5.97 Å². The minimum Gasteiger partial charge on any atom is -0.481 e. The molecule has 1 saturated heterocycles. The summed E-state index contributed by atoms with van der Waals surface area (Å²) < 4.78 is 13.0. The number of halogens is 1. The average molecular weight is 294 g/mol. The molecule has 6 heteroatoms. The SMILES string of the molecule is CN(C)CC(=O)N1C[C@H](C(=O)O)[C@@H](c2ccc(F)cc2)C1. The third-order valence-corrected chi connectivity index (χ3v) is 3.74. The van der Waals surface area contributed by atoms with Crippen LogP contribution >= 0.6 is 0 Å². The summed E-state index contributed by atoms with van der Waals surface area (Å²) in [5.74, 6) is -2.32. The summed E-state index contributed by atoms with van der Waals surface area (Å²) in [6.45, 7) is 0.807. The normalized spacial score (nSPS) is 21.8. The molecular formula is C15H19FN2O3. The molecule has 0 bridgehead atoms. The monoisotopic (exact) mass is 294 g/mol. The van der Waals surface area contributed by atoms with Gasteiger partial charge in [-0.05, 0) is 31.8 Å². The zero-order valence-electron chi connectivity index (χ0n) is 12.1. The highest BCUT2D eigenvalue weighted by Crippen LogP contribution is 2.33. The molecule has 1 aromatic rings. The van der Waals surface area contributed by atoms with E-state index in [0.29, 0.717) is 6.54 Å². The summed E-state index contributed by atoms with van der Waals surface area (Å²) in [5, 5.41) is 9.36. The summed E-state index contributed by atoms with van der Waals surface area (Å²) in [5.41, 5.74) is 0.754. The lowest BCUT2D eigenvalue weighted by Crippen LogP contribution is -2.36. The van der Waals surface area contributed by atoms with Crippen molar-refractivity contribution in [2.75, 3.05) is 33.7 Å². The average Bonchev–Trinajstić information content (AvgIpc) is 2.84. The van der Waals surface area contributed by atoms with Gasteiger partial charge in [-0.3, -0.25) is 9.59 Å². The lowest BCUT2D eigenvalue weighted by atomic mass is 9.89. The van der Waals surface area contributed by atoms with E-state index in [1.54, 1.807) is 36.0 Å². The predicted octanol–water partition coefficient (Wildman–Crippen LogP) is 1.01. The first-order valence-corrected chi connectivity index (χ1v) is 6.79. The molecule has 0 spiro atoms. The van der Waals surface area contributed by atoms with Crippen LogP contribution in [0.15, 0.2) is 24.3 Å². The van der Waals surface area contributed by atoms with Crippen molar-refractivity contribution in [2.24, 2.45) is 5.92 Å². The first-order chi connectivity index (χ1) is 9.88. The van der Waals surface area contributed by atoms with E-state index in [4.69, 9.17) is 0 Å². The van der Waals surface area contributed by atoms with E-state index in [9.17, 15) is 19.1 Å². The Hall–Kier alpha value is -1.95. The van der Waals surface area contributed by atoms with Gasteiger partial charge in [0.15, 0.2) is 0 Å². The van der Waals surface area contributed by atoms with Crippen LogP contribution in [-0.4, -0.2) is 60.5 Å². The summed E-state index contributed by atoms with van der Waals surface area (Å²) in [4.78, 5) is 26.8. The predicted molar refractivity (Wildman–Crippen MR) is 75.4 cm³/mol. The molecule has 21 heavy (non-hydrogen) atoms. The Balaban J connectivity index is 2.18. The number of hydrogen-bond acceptors (Lipinski definition) is 3. The van der Waals surface area contributed by atoms with E-state index < -0.39 is 11.9 Å². The van der Waals surface area contributed by atoms with E-state index in [1.807, 2.05) is 0 Å². The maximum Gasteiger partial charge on any atom is 0.308 e. The fourth-order valence-electron chi connectivity index (χ4n) is 2.68. The molecule has 1 aliphatic rings. The largest absolute Gasteiger partial charge is 0.481 e. The van der Waals surface area contributed by atoms with Crippen LogP contribution in [0.5, 0.6) is 0 Å². The van der Waals surface area contributed by atoms with Gasteiger partial charge in [-0.1, -0.05) is 12.1 Å². The second-order valence-corrected chi connectivity index (χ2v) is 5.64. The number of nitrogens with zero attached hydrogens (tertiary/aromatic N) is 2. The Morgan fingerprint density at radius 1 is 1.29 bits per heavy atom. The van der Waals surface area contributed by atoms with Crippen LogP contribution in [-0.2, 0) is 9.59 Å². The Kier molecular flexibility index (Phi) is 4.57. The maximum absolute atomic E-state index is 13.0.